The fourth-order valence-electron chi connectivity index (χ4n) is 2.31. The van der Waals surface area contributed by atoms with Crippen LogP contribution in [0.2, 0.25) is 0 Å². The summed E-state index contributed by atoms with van der Waals surface area (Å²) in [6.45, 7) is 4.28. The smallest absolute Gasteiger partial charge is 0.303 e. The van der Waals surface area contributed by atoms with E-state index in [4.69, 9.17) is 18.9 Å². The predicted molar refractivity (Wildman–Crippen MR) is 76.2 cm³/mol. The minimum Gasteiger partial charge on any atom is -0.463 e. The Kier molecular flexibility index (Phi) is 7.11. The SMILES string of the molecule is CC(=O)NC1[C@H](O)OC(COC(C)=O)[C@H](OC(C)=O)[C@H]1OC(C)=O. The Bertz CT molecular complexity index is 506. The zero-order valence-corrected chi connectivity index (χ0v) is 13.8. The number of nitrogens with one attached hydrogen (secondary N) is 1. The van der Waals surface area contributed by atoms with Gasteiger partial charge in [-0.3, -0.25) is 19.2 Å². The Hall–Kier alpha value is -2.20. The van der Waals surface area contributed by atoms with Crippen molar-refractivity contribution in [2.45, 2.75) is 58.3 Å². The largest absolute Gasteiger partial charge is 0.463 e. The van der Waals surface area contributed by atoms with Gasteiger partial charge in [0.2, 0.25) is 5.91 Å². The van der Waals surface area contributed by atoms with Gasteiger partial charge in [-0.15, -0.1) is 0 Å². The second kappa shape index (κ2) is 8.60. The Morgan fingerprint density at radius 2 is 1.50 bits per heavy atom. The summed E-state index contributed by atoms with van der Waals surface area (Å²) in [7, 11) is 0. The van der Waals surface area contributed by atoms with E-state index in [9.17, 15) is 24.3 Å². The highest BCUT2D eigenvalue weighted by atomic mass is 16.7. The van der Waals surface area contributed by atoms with Crippen LogP contribution >= 0.6 is 0 Å². The molecule has 2 N–H and O–H groups in total. The lowest BCUT2D eigenvalue weighted by Gasteiger charge is -2.43. The maximum absolute atomic E-state index is 11.4. The first-order valence-corrected chi connectivity index (χ1v) is 7.20. The van der Waals surface area contributed by atoms with Gasteiger partial charge >= 0.3 is 17.9 Å². The van der Waals surface area contributed by atoms with Crippen LogP contribution in [0, 0.1) is 0 Å². The summed E-state index contributed by atoms with van der Waals surface area (Å²) in [5.41, 5.74) is 0. The van der Waals surface area contributed by atoms with Crippen LogP contribution < -0.4 is 5.32 Å². The molecule has 0 aliphatic carbocycles. The molecule has 0 radical (unpaired) electrons. The Morgan fingerprint density at radius 3 is 1.96 bits per heavy atom. The summed E-state index contributed by atoms with van der Waals surface area (Å²) in [5, 5.41) is 12.5. The van der Waals surface area contributed by atoms with Crippen LogP contribution in [-0.4, -0.2) is 66.2 Å². The molecule has 1 heterocycles. The van der Waals surface area contributed by atoms with Crippen molar-refractivity contribution >= 4 is 23.8 Å². The van der Waals surface area contributed by atoms with Gasteiger partial charge in [-0.1, -0.05) is 0 Å². The zero-order chi connectivity index (χ0) is 18.4. The number of esters is 3. The van der Waals surface area contributed by atoms with Gasteiger partial charge < -0.3 is 29.4 Å². The molecule has 10 heteroatoms. The number of aliphatic hydroxyl groups excluding tert-OH is 1. The molecule has 1 aliphatic heterocycles. The van der Waals surface area contributed by atoms with E-state index in [1.807, 2.05) is 0 Å². The number of carbonyl (C=O) groups excluding carboxylic acids is 4. The summed E-state index contributed by atoms with van der Waals surface area (Å²) in [6, 6.07) is -1.16. The Labute approximate surface area is 138 Å². The van der Waals surface area contributed by atoms with Gasteiger partial charge in [-0.05, 0) is 0 Å². The number of aliphatic hydroxyl groups is 1. The average Bonchev–Trinajstić information content (AvgIpc) is 2.42. The van der Waals surface area contributed by atoms with E-state index in [0.29, 0.717) is 0 Å². The van der Waals surface area contributed by atoms with Gasteiger partial charge in [0.25, 0.3) is 0 Å². The second-order valence-electron chi connectivity index (χ2n) is 5.24. The molecule has 1 saturated heterocycles. The standard InChI is InChI=1S/C14H21NO9/c1-6(16)15-11-13(23-9(4)19)12(22-8(3)18)10(24-14(11)20)5-21-7(2)17/h10-14,20H,5H2,1-4H3,(H,15,16)/t10?,11?,12-,13-,14+/m0/s1. The third-order valence-corrected chi connectivity index (χ3v) is 3.09. The fraction of sp³-hybridized carbons (Fsp3) is 0.714. The van der Waals surface area contributed by atoms with Crippen molar-refractivity contribution in [2.75, 3.05) is 6.61 Å². The Balaban J connectivity index is 3.11. The summed E-state index contributed by atoms with van der Waals surface area (Å²) < 4.78 is 20.3. The normalized spacial score (nSPS) is 29.3. The number of amides is 1. The van der Waals surface area contributed by atoms with Gasteiger partial charge in [0.1, 0.15) is 18.8 Å². The molecule has 1 aliphatic rings. The summed E-state index contributed by atoms with van der Waals surface area (Å²) in [4.78, 5) is 45.0. The summed E-state index contributed by atoms with van der Waals surface area (Å²) in [5.74, 6) is -2.54. The maximum atomic E-state index is 11.4. The van der Waals surface area contributed by atoms with Crippen molar-refractivity contribution in [3.05, 3.63) is 0 Å². The average molecular weight is 347 g/mol. The molecule has 0 spiro atoms. The molecule has 1 amide bonds. The molecule has 0 aromatic carbocycles. The maximum Gasteiger partial charge on any atom is 0.303 e. The van der Waals surface area contributed by atoms with Crippen LogP contribution in [-0.2, 0) is 38.1 Å². The number of hydrogen-bond donors (Lipinski definition) is 2. The van der Waals surface area contributed by atoms with Crippen molar-refractivity contribution in [1.82, 2.24) is 5.32 Å². The number of ether oxygens (including phenoxy) is 4. The van der Waals surface area contributed by atoms with E-state index < -0.39 is 54.5 Å². The van der Waals surface area contributed by atoms with E-state index in [1.165, 1.54) is 13.8 Å². The molecule has 1 fully saturated rings. The highest BCUT2D eigenvalue weighted by molar-refractivity contribution is 5.73. The van der Waals surface area contributed by atoms with Crippen molar-refractivity contribution in [1.29, 1.82) is 0 Å². The molecule has 0 saturated carbocycles. The highest BCUT2D eigenvalue weighted by Crippen LogP contribution is 2.26. The molecular formula is C14H21NO9. The second-order valence-corrected chi connectivity index (χ2v) is 5.24. The quantitative estimate of drug-likeness (QED) is 0.456. The first-order valence-electron chi connectivity index (χ1n) is 7.20. The van der Waals surface area contributed by atoms with Crippen LogP contribution in [0.4, 0.5) is 0 Å². The third-order valence-electron chi connectivity index (χ3n) is 3.09. The van der Waals surface area contributed by atoms with Crippen LogP contribution in [0.5, 0.6) is 0 Å². The van der Waals surface area contributed by atoms with Gasteiger partial charge in [0, 0.05) is 27.7 Å². The molecule has 0 aromatic rings. The van der Waals surface area contributed by atoms with Crippen molar-refractivity contribution in [3.8, 4) is 0 Å². The lowest BCUT2D eigenvalue weighted by Crippen LogP contribution is -2.66. The number of rotatable bonds is 5. The lowest BCUT2D eigenvalue weighted by molar-refractivity contribution is -0.264. The lowest BCUT2D eigenvalue weighted by atomic mass is 9.96. The molecule has 1 rings (SSSR count). The number of hydrogen-bond acceptors (Lipinski definition) is 9. The van der Waals surface area contributed by atoms with Crippen molar-refractivity contribution < 1.29 is 43.2 Å². The molecule has 2 unspecified atom stereocenters. The topological polar surface area (TPSA) is 137 Å². The van der Waals surface area contributed by atoms with Crippen LogP contribution in [0.1, 0.15) is 27.7 Å². The molecule has 136 valence electrons. The summed E-state index contributed by atoms with van der Waals surface area (Å²) in [6.07, 6.45) is -5.06. The van der Waals surface area contributed by atoms with Crippen LogP contribution in [0.15, 0.2) is 0 Å². The van der Waals surface area contributed by atoms with E-state index >= 15 is 0 Å². The van der Waals surface area contributed by atoms with Crippen LogP contribution in [0.3, 0.4) is 0 Å². The summed E-state index contributed by atoms with van der Waals surface area (Å²) >= 11 is 0. The predicted octanol–water partition coefficient (Wildman–Crippen LogP) is -1.37. The molecule has 5 atom stereocenters. The van der Waals surface area contributed by atoms with Gasteiger partial charge in [0.15, 0.2) is 18.5 Å². The van der Waals surface area contributed by atoms with Crippen LogP contribution in [0.25, 0.3) is 0 Å². The molecular weight excluding hydrogens is 326 g/mol. The van der Waals surface area contributed by atoms with Crippen molar-refractivity contribution in [2.24, 2.45) is 0 Å². The van der Waals surface area contributed by atoms with Gasteiger partial charge in [-0.2, -0.15) is 0 Å². The van der Waals surface area contributed by atoms with Gasteiger partial charge in [-0.25, -0.2) is 0 Å². The highest BCUT2D eigenvalue weighted by Gasteiger charge is 2.50. The van der Waals surface area contributed by atoms with Crippen molar-refractivity contribution in [3.63, 3.8) is 0 Å². The third kappa shape index (κ3) is 5.78. The number of carbonyl (C=O) groups is 4. The molecule has 0 bridgehead atoms. The molecule has 10 nitrogen and oxygen atoms in total. The first kappa shape index (κ1) is 19.8. The minimum absolute atomic E-state index is 0.338. The minimum atomic E-state index is -1.56. The fourth-order valence-corrected chi connectivity index (χ4v) is 2.31. The monoisotopic (exact) mass is 347 g/mol. The van der Waals surface area contributed by atoms with E-state index in [0.717, 1.165) is 13.8 Å². The Morgan fingerprint density at radius 1 is 0.958 bits per heavy atom. The molecule has 0 aromatic heterocycles. The molecule has 24 heavy (non-hydrogen) atoms. The zero-order valence-electron chi connectivity index (χ0n) is 13.8. The van der Waals surface area contributed by atoms with E-state index in [2.05, 4.69) is 5.32 Å². The van der Waals surface area contributed by atoms with Gasteiger partial charge in [0.05, 0.1) is 0 Å². The van der Waals surface area contributed by atoms with E-state index in [-0.39, 0.29) is 6.61 Å². The first-order chi connectivity index (χ1) is 11.1. The van der Waals surface area contributed by atoms with E-state index in [1.54, 1.807) is 0 Å².